The third-order valence-corrected chi connectivity index (χ3v) is 5.36. The summed E-state index contributed by atoms with van der Waals surface area (Å²) in [5, 5.41) is 3.82. The zero-order chi connectivity index (χ0) is 12.4. The first-order valence-electron chi connectivity index (χ1n) is 7.78. The molecule has 1 heterocycles. The molecule has 3 heteroatoms. The lowest BCUT2D eigenvalue weighted by Gasteiger charge is -2.54. The Balaban J connectivity index is 1.52. The maximum atomic E-state index is 5.95. The van der Waals surface area contributed by atoms with Crippen LogP contribution in [0.15, 0.2) is 0 Å². The van der Waals surface area contributed by atoms with Gasteiger partial charge in [0, 0.05) is 31.2 Å². The summed E-state index contributed by atoms with van der Waals surface area (Å²) in [5.41, 5.74) is 0.482. The molecule has 1 aliphatic heterocycles. The molecular weight excluding hydrogens is 226 g/mol. The summed E-state index contributed by atoms with van der Waals surface area (Å²) in [4.78, 5) is 0. The molecule has 18 heavy (non-hydrogen) atoms. The fourth-order valence-electron chi connectivity index (χ4n) is 4.23. The summed E-state index contributed by atoms with van der Waals surface area (Å²) in [6.45, 7) is 6.06. The fourth-order valence-corrected chi connectivity index (χ4v) is 4.23. The normalized spacial score (nSPS) is 38.2. The summed E-state index contributed by atoms with van der Waals surface area (Å²) in [6.07, 6.45) is 8.53. The van der Waals surface area contributed by atoms with Gasteiger partial charge >= 0.3 is 0 Å². The first-order chi connectivity index (χ1) is 8.85. The van der Waals surface area contributed by atoms with Crippen LogP contribution in [-0.2, 0) is 9.47 Å². The molecule has 3 nitrogen and oxygen atoms in total. The maximum absolute atomic E-state index is 5.95. The van der Waals surface area contributed by atoms with Gasteiger partial charge in [0.25, 0.3) is 0 Å². The van der Waals surface area contributed by atoms with Crippen molar-refractivity contribution in [3.8, 4) is 0 Å². The fraction of sp³-hybridized carbons (Fsp3) is 1.00. The first kappa shape index (κ1) is 12.9. The van der Waals surface area contributed by atoms with E-state index in [1.54, 1.807) is 0 Å². The second-order valence-electron chi connectivity index (χ2n) is 6.31. The number of hydrogen-bond acceptors (Lipinski definition) is 3. The van der Waals surface area contributed by atoms with E-state index in [4.69, 9.17) is 9.47 Å². The minimum Gasteiger partial charge on any atom is -0.381 e. The van der Waals surface area contributed by atoms with E-state index in [1.807, 2.05) is 0 Å². The van der Waals surface area contributed by atoms with Gasteiger partial charge in [-0.2, -0.15) is 0 Å². The number of ether oxygens (including phenoxy) is 2. The zero-order valence-electron chi connectivity index (χ0n) is 11.6. The van der Waals surface area contributed by atoms with Crippen LogP contribution >= 0.6 is 0 Å². The number of hydrogen-bond donors (Lipinski definition) is 1. The van der Waals surface area contributed by atoms with Crippen molar-refractivity contribution in [3.05, 3.63) is 0 Å². The maximum Gasteiger partial charge on any atom is 0.0661 e. The Hall–Kier alpha value is -0.120. The van der Waals surface area contributed by atoms with Crippen LogP contribution in [0.25, 0.3) is 0 Å². The molecule has 3 unspecified atom stereocenters. The highest BCUT2D eigenvalue weighted by Crippen LogP contribution is 2.54. The van der Waals surface area contributed by atoms with Gasteiger partial charge < -0.3 is 14.8 Å². The quantitative estimate of drug-likeness (QED) is 0.816. The third-order valence-electron chi connectivity index (χ3n) is 5.36. The molecule has 3 atom stereocenters. The number of rotatable bonds is 5. The Kier molecular flexibility index (Phi) is 3.92. The molecule has 0 aromatic carbocycles. The molecule has 3 aliphatic rings. The van der Waals surface area contributed by atoms with E-state index in [-0.39, 0.29) is 0 Å². The van der Waals surface area contributed by atoms with Gasteiger partial charge in [0.05, 0.1) is 12.7 Å². The van der Waals surface area contributed by atoms with Crippen molar-refractivity contribution in [1.29, 1.82) is 0 Å². The Morgan fingerprint density at radius 1 is 1.33 bits per heavy atom. The lowest BCUT2D eigenvalue weighted by Crippen LogP contribution is -2.63. The first-order valence-corrected chi connectivity index (χ1v) is 7.78. The van der Waals surface area contributed by atoms with Crippen LogP contribution in [0.3, 0.4) is 0 Å². The van der Waals surface area contributed by atoms with E-state index in [1.165, 1.54) is 38.5 Å². The summed E-state index contributed by atoms with van der Waals surface area (Å²) < 4.78 is 11.4. The molecule has 3 fully saturated rings. The second-order valence-corrected chi connectivity index (χ2v) is 6.31. The molecule has 0 amide bonds. The number of nitrogens with one attached hydrogen (secondary N) is 1. The van der Waals surface area contributed by atoms with E-state index in [2.05, 4.69) is 12.2 Å². The molecule has 1 saturated heterocycles. The lowest BCUT2D eigenvalue weighted by molar-refractivity contribution is -0.130. The molecule has 0 aromatic heterocycles. The Bertz CT molecular complexity index is 270. The van der Waals surface area contributed by atoms with E-state index in [0.717, 1.165) is 32.3 Å². The second kappa shape index (κ2) is 5.48. The van der Waals surface area contributed by atoms with Crippen LogP contribution < -0.4 is 5.32 Å². The van der Waals surface area contributed by atoms with Crippen LogP contribution in [0.4, 0.5) is 0 Å². The largest absolute Gasteiger partial charge is 0.381 e. The molecule has 0 aromatic rings. The van der Waals surface area contributed by atoms with Crippen LogP contribution in [0, 0.1) is 11.3 Å². The highest BCUT2D eigenvalue weighted by atomic mass is 16.5. The molecule has 2 saturated carbocycles. The molecule has 104 valence electrons. The van der Waals surface area contributed by atoms with Crippen LogP contribution in [0.1, 0.15) is 45.4 Å². The summed E-state index contributed by atoms with van der Waals surface area (Å²) in [6, 6.07) is 0.706. The minimum absolute atomic E-state index is 0.482. The summed E-state index contributed by atoms with van der Waals surface area (Å²) in [7, 11) is 0. The Morgan fingerprint density at radius 3 is 2.83 bits per heavy atom. The summed E-state index contributed by atoms with van der Waals surface area (Å²) in [5.74, 6) is 0.745. The molecule has 1 N–H and O–H groups in total. The molecule has 3 rings (SSSR count). The standard InChI is InChI=1S/C15H27NO2/c1-2-18-14-9-13(15(14)6-3-4-7-15)16-10-12-5-8-17-11-12/h12-14,16H,2-11H2,1H3. The smallest absolute Gasteiger partial charge is 0.0661 e. The van der Waals surface area contributed by atoms with Gasteiger partial charge in [-0.05, 0) is 38.5 Å². The minimum atomic E-state index is 0.482. The molecule has 0 radical (unpaired) electrons. The average Bonchev–Trinajstić information content (AvgIpc) is 3.03. The van der Waals surface area contributed by atoms with Crippen molar-refractivity contribution in [2.45, 2.75) is 57.6 Å². The SMILES string of the molecule is CCOC1CC(NCC2CCOC2)C12CCCC2. The van der Waals surface area contributed by atoms with Crippen LogP contribution in [0.2, 0.25) is 0 Å². The van der Waals surface area contributed by atoms with Crippen molar-refractivity contribution >= 4 is 0 Å². The Labute approximate surface area is 111 Å². The van der Waals surface area contributed by atoms with Gasteiger partial charge in [0.15, 0.2) is 0 Å². The van der Waals surface area contributed by atoms with Gasteiger partial charge in [0.2, 0.25) is 0 Å². The lowest BCUT2D eigenvalue weighted by atomic mass is 9.60. The Morgan fingerprint density at radius 2 is 2.17 bits per heavy atom. The van der Waals surface area contributed by atoms with Crippen molar-refractivity contribution in [2.75, 3.05) is 26.4 Å². The highest BCUT2D eigenvalue weighted by Gasteiger charge is 2.56. The van der Waals surface area contributed by atoms with Crippen molar-refractivity contribution in [1.82, 2.24) is 5.32 Å². The predicted molar refractivity (Wildman–Crippen MR) is 71.6 cm³/mol. The van der Waals surface area contributed by atoms with Gasteiger partial charge in [-0.25, -0.2) is 0 Å². The molecular formula is C15H27NO2. The van der Waals surface area contributed by atoms with Crippen LogP contribution in [-0.4, -0.2) is 38.5 Å². The topological polar surface area (TPSA) is 30.5 Å². The van der Waals surface area contributed by atoms with Gasteiger partial charge in [-0.3, -0.25) is 0 Å². The van der Waals surface area contributed by atoms with Crippen molar-refractivity contribution < 1.29 is 9.47 Å². The van der Waals surface area contributed by atoms with Gasteiger partial charge in [-0.1, -0.05) is 12.8 Å². The summed E-state index contributed by atoms with van der Waals surface area (Å²) >= 11 is 0. The highest BCUT2D eigenvalue weighted by molar-refractivity contribution is 5.10. The average molecular weight is 253 g/mol. The van der Waals surface area contributed by atoms with E-state index in [0.29, 0.717) is 17.6 Å². The predicted octanol–water partition coefficient (Wildman–Crippen LogP) is 2.35. The zero-order valence-corrected chi connectivity index (χ0v) is 11.6. The van der Waals surface area contributed by atoms with E-state index in [9.17, 15) is 0 Å². The van der Waals surface area contributed by atoms with Crippen LogP contribution in [0.5, 0.6) is 0 Å². The molecule has 0 bridgehead atoms. The van der Waals surface area contributed by atoms with E-state index >= 15 is 0 Å². The van der Waals surface area contributed by atoms with Crippen molar-refractivity contribution in [2.24, 2.45) is 11.3 Å². The van der Waals surface area contributed by atoms with Crippen molar-refractivity contribution in [3.63, 3.8) is 0 Å². The van der Waals surface area contributed by atoms with E-state index < -0.39 is 0 Å². The molecule has 1 spiro atoms. The van der Waals surface area contributed by atoms with Gasteiger partial charge in [-0.15, -0.1) is 0 Å². The molecule has 2 aliphatic carbocycles. The third kappa shape index (κ3) is 2.21. The van der Waals surface area contributed by atoms with Gasteiger partial charge in [0.1, 0.15) is 0 Å². The monoisotopic (exact) mass is 253 g/mol.